The summed E-state index contributed by atoms with van der Waals surface area (Å²) in [6.45, 7) is 0. The third-order valence-corrected chi connectivity index (χ3v) is 2.86. The molecule has 19 heavy (non-hydrogen) atoms. The number of carbonyl (C=O) groups is 1. The van der Waals surface area contributed by atoms with Crippen molar-refractivity contribution >= 4 is 6.29 Å². The Morgan fingerprint density at radius 3 is 2.68 bits per heavy atom. The van der Waals surface area contributed by atoms with E-state index in [1.54, 1.807) is 28.8 Å². The largest absolute Gasteiger partial charge is 0.298 e. The number of rotatable bonds is 3. The van der Waals surface area contributed by atoms with Crippen LogP contribution in [0.15, 0.2) is 48.9 Å². The van der Waals surface area contributed by atoms with E-state index in [9.17, 15) is 4.79 Å². The first-order valence-corrected chi connectivity index (χ1v) is 5.87. The van der Waals surface area contributed by atoms with E-state index >= 15 is 0 Å². The van der Waals surface area contributed by atoms with Crippen LogP contribution in [0.25, 0.3) is 16.9 Å². The van der Waals surface area contributed by atoms with E-state index in [1.807, 2.05) is 36.5 Å². The number of aromatic nitrogens is 4. The Hall–Kier alpha value is -2.69. The van der Waals surface area contributed by atoms with E-state index in [0.29, 0.717) is 11.3 Å². The van der Waals surface area contributed by atoms with Crippen LogP contribution in [-0.4, -0.2) is 25.8 Å². The van der Waals surface area contributed by atoms with Crippen molar-refractivity contribution in [2.45, 2.75) is 0 Å². The lowest BCUT2D eigenvalue weighted by molar-refractivity contribution is 0.112. The van der Waals surface area contributed by atoms with E-state index in [1.165, 1.54) is 0 Å². The van der Waals surface area contributed by atoms with Crippen molar-refractivity contribution in [3.8, 4) is 16.9 Å². The number of nitrogens with zero attached hydrogens (tertiary/aromatic N) is 4. The van der Waals surface area contributed by atoms with Crippen LogP contribution in [0.4, 0.5) is 0 Å². The number of aldehydes is 1. The van der Waals surface area contributed by atoms with Crippen LogP contribution in [0.5, 0.6) is 0 Å². The van der Waals surface area contributed by atoms with Crippen LogP contribution >= 0.6 is 0 Å². The molecule has 0 saturated carbocycles. The Kier molecular flexibility index (Phi) is 2.72. The average molecular weight is 252 g/mol. The molecular formula is C14H12N4O. The van der Waals surface area contributed by atoms with Crippen LogP contribution in [0, 0.1) is 0 Å². The predicted molar refractivity (Wildman–Crippen MR) is 71.2 cm³/mol. The monoisotopic (exact) mass is 252 g/mol. The number of hydrogen-bond acceptors (Lipinski definition) is 3. The van der Waals surface area contributed by atoms with Gasteiger partial charge >= 0.3 is 0 Å². The molecule has 3 aromatic rings. The second kappa shape index (κ2) is 4.53. The highest BCUT2D eigenvalue weighted by Crippen LogP contribution is 2.21. The molecule has 0 fully saturated rings. The standard InChI is InChI=1S/C14H12N4O/c1-17-8-12(10-19)14(16-17)11-7-15-18(9-11)13-5-3-2-4-6-13/h2-10H,1H3. The highest BCUT2D eigenvalue weighted by molar-refractivity contribution is 5.85. The first kappa shape index (κ1) is 11.4. The van der Waals surface area contributed by atoms with Crippen molar-refractivity contribution < 1.29 is 4.79 Å². The fourth-order valence-corrected chi connectivity index (χ4v) is 1.98. The lowest BCUT2D eigenvalue weighted by atomic mass is 10.2. The molecule has 0 N–H and O–H groups in total. The topological polar surface area (TPSA) is 52.7 Å². The fraction of sp³-hybridized carbons (Fsp3) is 0.0714. The summed E-state index contributed by atoms with van der Waals surface area (Å²) >= 11 is 0. The SMILES string of the molecule is Cn1cc(C=O)c(-c2cnn(-c3ccccc3)c2)n1. The van der Waals surface area contributed by atoms with Gasteiger partial charge in [0, 0.05) is 25.0 Å². The maximum atomic E-state index is 11.0. The van der Waals surface area contributed by atoms with Crippen molar-refractivity contribution in [2.24, 2.45) is 7.05 Å². The van der Waals surface area contributed by atoms with Crippen LogP contribution in [-0.2, 0) is 7.05 Å². The zero-order valence-electron chi connectivity index (χ0n) is 10.4. The number of benzene rings is 1. The van der Waals surface area contributed by atoms with E-state index < -0.39 is 0 Å². The molecule has 0 atom stereocenters. The molecule has 0 amide bonds. The molecular weight excluding hydrogens is 240 g/mol. The molecule has 0 aliphatic carbocycles. The Bertz CT molecular complexity index is 712. The molecule has 5 nitrogen and oxygen atoms in total. The summed E-state index contributed by atoms with van der Waals surface area (Å²) in [4.78, 5) is 11.0. The van der Waals surface area contributed by atoms with Gasteiger partial charge in [-0.3, -0.25) is 9.48 Å². The minimum atomic E-state index is 0.565. The van der Waals surface area contributed by atoms with Gasteiger partial charge in [-0.2, -0.15) is 10.2 Å². The minimum absolute atomic E-state index is 0.565. The average Bonchev–Trinajstić information content (AvgIpc) is 3.05. The summed E-state index contributed by atoms with van der Waals surface area (Å²) in [6.07, 6.45) is 6.08. The number of hydrogen-bond donors (Lipinski definition) is 0. The molecule has 0 spiro atoms. The van der Waals surface area contributed by atoms with Crippen molar-refractivity contribution in [1.29, 1.82) is 0 Å². The van der Waals surface area contributed by atoms with Crippen molar-refractivity contribution in [3.63, 3.8) is 0 Å². The molecule has 0 saturated heterocycles. The van der Waals surface area contributed by atoms with Gasteiger partial charge in [0.2, 0.25) is 0 Å². The second-order valence-corrected chi connectivity index (χ2v) is 4.23. The highest BCUT2D eigenvalue weighted by Gasteiger charge is 2.11. The van der Waals surface area contributed by atoms with Gasteiger partial charge < -0.3 is 0 Å². The predicted octanol–water partition coefficient (Wildman–Crippen LogP) is 2.09. The van der Waals surface area contributed by atoms with Crippen molar-refractivity contribution in [1.82, 2.24) is 19.6 Å². The first-order chi connectivity index (χ1) is 9.28. The molecule has 1 aromatic carbocycles. The molecule has 0 aliphatic heterocycles. The molecule has 3 rings (SSSR count). The highest BCUT2D eigenvalue weighted by atomic mass is 16.1. The zero-order chi connectivity index (χ0) is 13.2. The van der Waals surface area contributed by atoms with Crippen LogP contribution in [0.2, 0.25) is 0 Å². The van der Waals surface area contributed by atoms with E-state index in [4.69, 9.17) is 0 Å². The van der Waals surface area contributed by atoms with Crippen LogP contribution in [0.1, 0.15) is 10.4 Å². The van der Waals surface area contributed by atoms with Gasteiger partial charge in [-0.25, -0.2) is 4.68 Å². The van der Waals surface area contributed by atoms with Crippen molar-refractivity contribution in [3.05, 3.63) is 54.5 Å². The lowest BCUT2D eigenvalue weighted by Crippen LogP contribution is -1.92. The summed E-state index contributed by atoms with van der Waals surface area (Å²) in [7, 11) is 1.79. The smallest absolute Gasteiger partial charge is 0.153 e. The van der Waals surface area contributed by atoms with Crippen LogP contribution < -0.4 is 0 Å². The van der Waals surface area contributed by atoms with Crippen LogP contribution in [0.3, 0.4) is 0 Å². The third kappa shape index (κ3) is 2.06. The fourth-order valence-electron chi connectivity index (χ4n) is 1.98. The lowest BCUT2D eigenvalue weighted by Gasteiger charge is -1.98. The Morgan fingerprint density at radius 1 is 1.16 bits per heavy atom. The molecule has 2 aromatic heterocycles. The molecule has 0 bridgehead atoms. The summed E-state index contributed by atoms with van der Waals surface area (Å²) in [5, 5.41) is 8.59. The maximum Gasteiger partial charge on any atom is 0.153 e. The van der Waals surface area contributed by atoms with Gasteiger partial charge in [0.1, 0.15) is 5.69 Å². The molecule has 94 valence electrons. The Labute approximate surface area is 110 Å². The summed E-state index contributed by atoms with van der Waals surface area (Å²) < 4.78 is 3.39. The normalized spacial score (nSPS) is 10.6. The Balaban J connectivity index is 2.04. The number of aryl methyl sites for hydroxylation is 1. The van der Waals surface area contributed by atoms with Crippen molar-refractivity contribution in [2.75, 3.05) is 0 Å². The van der Waals surface area contributed by atoms with E-state index in [-0.39, 0.29) is 0 Å². The number of para-hydroxylation sites is 1. The molecule has 0 radical (unpaired) electrons. The van der Waals surface area contributed by atoms with Gasteiger partial charge in [0.05, 0.1) is 17.4 Å². The van der Waals surface area contributed by atoms with Gasteiger partial charge in [-0.1, -0.05) is 18.2 Å². The van der Waals surface area contributed by atoms with E-state index in [2.05, 4.69) is 10.2 Å². The quantitative estimate of drug-likeness (QED) is 0.671. The van der Waals surface area contributed by atoms with Gasteiger partial charge in [0.25, 0.3) is 0 Å². The Morgan fingerprint density at radius 2 is 1.95 bits per heavy atom. The summed E-state index contributed by atoms with van der Waals surface area (Å²) in [5.41, 5.74) is 3.01. The number of carbonyl (C=O) groups excluding carboxylic acids is 1. The van der Waals surface area contributed by atoms with Gasteiger partial charge in [0.15, 0.2) is 6.29 Å². The molecule has 0 unspecified atom stereocenters. The molecule has 2 heterocycles. The maximum absolute atomic E-state index is 11.0. The third-order valence-electron chi connectivity index (χ3n) is 2.86. The zero-order valence-corrected chi connectivity index (χ0v) is 10.4. The van der Waals surface area contributed by atoms with Gasteiger partial charge in [-0.05, 0) is 12.1 Å². The molecule has 0 aliphatic rings. The van der Waals surface area contributed by atoms with Gasteiger partial charge in [-0.15, -0.1) is 0 Å². The first-order valence-electron chi connectivity index (χ1n) is 5.87. The summed E-state index contributed by atoms with van der Waals surface area (Å²) in [6, 6.07) is 9.80. The molecule has 5 heteroatoms. The second-order valence-electron chi connectivity index (χ2n) is 4.23. The van der Waals surface area contributed by atoms with E-state index in [0.717, 1.165) is 17.5 Å². The summed E-state index contributed by atoms with van der Waals surface area (Å²) in [5.74, 6) is 0. The minimum Gasteiger partial charge on any atom is -0.298 e.